The number of alkyl halides is 2. The predicted molar refractivity (Wildman–Crippen MR) is 43.3 cm³/mol. The minimum atomic E-state index is -1.94. The lowest BCUT2D eigenvalue weighted by molar-refractivity contribution is 0.0434. The van der Waals surface area contributed by atoms with Crippen LogP contribution >= 0.6 is 0 Å². The maximum Gasteiger partial charge on any atom is 0.266 e. The molecule has 1 aromatic carbocycles. The van der Waals surface area contributed by atoms with Gasteiger partial charge in [0.25, 0.3) is 6.36 Å². The highest BCUT2D eigenvalue weighted by Crippen LogP contribution is 2.13. The Bertz CT molecular complexity index is 271. The maximum absolute atomic E-state index is 12.3. The van der Waals surface area contributed by atoms with Crippen molar-refractivity contribution in [1.29, 1.82) is 0 Å². The summed E-state index contributed by atoms with van der Waals surface area (Å²) in [6.45, 7) is -1.19. The summed E-state index contributed by atoms with van der Waals surface area (Å²) in [5.41, 5.74) is 0.461. The zero-order valence-electron chi connectivity index (χ0n) is 6.74. The zero-order chi connectivity index (χ0) is 9.68. The van der Waals surface area contributed by atoms with E-state index in [9.17, 15) is 13.6 Å². The van der Waals surface area contributed by atoms with Crippen molar-refractivity contribution in [2.45, 2.75) is 6.36 Å². The standard InChI is InChI=1S/C9H8F2O2/c10-5-9(11)13-8-3-1-7(6-12)2-4-8/h1-4,6,9H,5H2. The van der Waals surface area contributed by atoms with E-state index in [-0.39, 0.29) is 5.75 Å². The lowest BCUT2D eigenvalue weighted by Crippen LogP contribution is -2.11. The van der Waals surface area contributed by atoms with Crippen LogP contribution in [0.4, 0.5) is 8.78 Å². The molecule has 0 bridgehead atoms. The van der Waals surface area contributed by atoms with Crippen LogP contribution in [0, 0.1) is 0 Å². The van der Waals surface area contributed by atoms with Crippen molar-refractivity contribution in [2.75, 3.05) is 6.67 Å². The van der Waals surface area contributed by atoms with Crippen molar-refractivity contribution < 1.29 is 18.3 Å². The number of rotatable bonds is 4. The highest BCUT2D eigenvalue weighted by Gasteiger charge is 2.05. The fraction of sp³-hybridized carbons (Fsp3) is 0.222. The summed E-state index contributed by atoms with van der Waals surface area (Å²) >= 11 is 0. The van der Waals surface area contributed by atoms with Crippen LogP contribution in [0.5, 0.6) is 5.75 Å². The van der Waals surface area contributed by atoms with Crippen LogP contribution in [0.15, 0.2) is 24.3 Å². The molecule has 70 valence electrons. The highest BCUT2D eigenvalue weighted by atomic mass is 19.2. The normalized spacial score (nSPS) is 12.2. The smallest absolute Gasteiger partial charge is 0.266 e. The van der Waals surface area contributed by atoms with Crippen molar-refractivity contribution in [2.24, 2.45) is 0 Å². The van der Waals surface area contributed by atoms with Crippen LogP contribution in [0.3, 0.4) is 0 Å². The van der Waals surface area contributed by atoms with E-state index in [4.69, 9.17) is 0 Å². The van der Waals surface area contributed by atoms with Gasteiger partial charge in [0.1, 0.15) is 12.0 Å². The molecule has 0 saturated carbocycles. The topological polar surface area (TPSA) is 26.3 Å². The zero-order valence-corrected chi connectivity index (χ0v) is 6.74. The van der Waals surface area contributed by atoms with Gasteiger partial charge in [0.2, 0.25) is 0 Å². The Kier molecular flexibility index (Phi) is 3.37. The Morgan fingerprint density at radius 3 is 2.46 bits per heavy atom. The summed E-state index contributed by atoms with van der Waals surface area (Å²) in [5.74, 6) is 0.204. The molecule has 0 aliphatic carbocycles. The van der Waals surface area contributed by atoms with Gasteiger partial charge < -0.3 is 4.74 Å². The lowest BCUT2D eigenvalue weighted by Gasteiger charge is -2.07. The minimum absolute atomic E-state index is 0.204. The van der Waals surface area contributed by atoms with Crippen molar-refractivity contribution in [3.05, 3.63) is 29.8 Å². The van der Waals surface area contributed by atoms with Gasteiger partial charge >= 0.3 is 0 Å². The van der Waals surface area contributed by atoms with Crippen LogP contribution in [0.1, 0.15) is 10.4 Å². The number of carbonyl (C=O) groups is 1. The Hall–Kier alpha value is -1.45. The molecule has 0 fully saturated rings. The maximum atomic E-state index is 12.3. The van der Waals surface area contributed by atoms with Crippen LogP contribution in [0.2, 0.25) is 0 Å². The van der Waals surface area contributed by atoms with Gasteiger partial charge in [-0.1, -0.05) is 0 Å². The second-order valence-electron chi connectivity index (χ2n) is 2.37. The van der Waals surface area contributed by atoms with Crippen LogP contribution in [-0.4, -0.2) is 19.3 Å². The summed E-state index contributed by atoms with van der Waals surface area (Å²) in [5, 5.41) is 0. The van der Waals surface area contributed by atoms with E-state index in [0.29, 0.717) is 11.8 Å². The average Bonchev–Trinajstić information content (AvgIpc) is 2.19. The van der Waals surface area contributed by atoms with Gasteiger partial charge in [-0.2, -0.15) is 4.39 Å². The fourth-order valence-corrected chi connectivity index (χ4v) is 0.804. The average molecular weight is 186 g/mol. The number of benzene rings is 1. The van der Waals surface area contributed by atoms with E-state index in [1.54, 1.807) is 0 Å². The molecule has 2 nitrogen and oxygen atoms in total. The monoisotopic (exact) mass is 186 g/mol. The van der Waals surface area contributed by atoms with Crippen LogP contribution < -0.4 is 4.74 Å². The number of ether oxygens (including phenoxy) is 1. The molecule has 1 unspecified atom stereocenters. The summed E-state index contributed by atoms with van der Waals surface area (Å²) in [4.78, 5) is 10.2. The third kappa shape index (κ3) is 2.82. The summed E-state index contributed by atoms with van der Waals surface area (Å²) < 4.78 is 28.5. The SMILES string of the molecule is O=Cc1ccc(OC(F)CF)cc1. The van der Waals surface area contributed by atoms with Gasteiger partial charge in [-0.25, -0.2) is 4.39 Å². The molecule has 1 rings (SSSR count). The Morgan fingerprint density at radius 2 is 2.00 bits per heavy atom. The number of hydrogen-bond donors (Lipinski definition) is 0. The van der Waals surface area contributed by atoms with Gasteiger partial charge in [-0.15, -0.1) is 0 Å². The Balaban J connectivity index is 2.63. The molecule has 0 aromatic heterocycles. The molecule has 0 saturated heterocycles. The molecule has 1 aromatic rings. The highest BCUT2D eigenvalue weighted by molar-refractivity contribution is 5.74. The number of aldehydes is 1. The predicted octanol–water partition coefficient (Wildman–Crippen LogP) is 2.14. The molecule has 0 heterocycles. The van der Waals surface area contributed by atoms with E-state index < -0.39 is 13.0 Å². The van der Waals surface area contributed by atoms with Gasteiger partial charge in [0, 0.05) is 5.56 Å². The molecule has 4 heteroatoms. The third-order valence-electron chi connectivity index (χ3n) is 1.40. The molecular weight excluding hydrogens is 178 g/mol. The quantitative estimate of drug-likeness (QED) is 0.673. The molecule has 0 spiro atoms. The first-order valence-corrected chi connectivity index (χ1v) is 3.68. The summed E-state index contributed by atoms with van der Waals surface area (Å²) in [7, 11) is 0. The first-order chi connectivity index (χ1) is 6.26. The van der Waals surface area contributed by atoms with E-state index in [1.165, 1.54) is 24.3 Å². The molecule has 0 aliphatic heterocycles. The first kappa shape index (κ1) is 9.64. The Morgan fingerprint density at radius 1 is 1.38 bits per heavy atom. The van der Waals surface area contributed by atoms with Gasteiger partial charge in [0.05, 0.1) is 0 Å². The number of hydrogen-bond acceptors (Lipinski definition) is 2. The van der Waals surface area contributed by atoms with Gasteiger partial charge in [-0.3, -0.25) is 4.79 Å². The van der Waals surface area contributed by atoms with E-state index in [0.717, 1.165) is 0 Å². The van der Waals surface area contributed by atoms with Gasteiger partial charge in [0.15, 0.2) is 6.67 Å². The Labute approximate surface area is 74.1 Å². The van der Waals surface area contributed by atoms with Crippen LogP contribution in [0.25, 0.3) is 0 Å². The lowest BCUT2D eigenvalue weighted by atomic mass is 10.2. The molecule has 0 N–H and O–H groups in total. The molecule has 0 radical (unpaired) electrons. The van der Waals surface area contributed by atoms with Crippen LogP contribution in [-0.2, 0) is 0 Å². The molecule has 0 aliphatic rings. The number of carbonyl (C=O) groups excluding carboxylic acids is 1. The van der Waals surface area contributed by atoms with E-state index in [2.05, 4.69) is 4.74 Å². The molecule has 0 amide bonds. The number of halogens is 2. The second-order valence-corrected chi connectivity index (χ2v) is 2.37. The largest absolute Gasteiger partial charge is 0.458 e. The summed E-state index contributed by atoms with van der Waals surface area (Å²) in [6, 6.07) is 5.75. The van der Waals surface area contributed by atoms with Gasteiger partial charge in [-0.05, 0) is 24.3 Å². The fourth-order valence-electron chi connectivity index (χ4n) is 0.804. The van der Waals surface area contributed by atoms with Crippen molar-refractivity contribution in [1.82, 2.24) is 0 Å². The first-order valence-electron chi connectivity index (χ1n) is 3.68. The molecular formula is C9H8F2O2. The second kappa shape index (κ2) is 4.54. The van der Waals surface area contributed by atoms with E-state index >= 15 is 0 Å². The van der Waals surface area contributed by atoms with Crippen molar-refractivity contribution in [3.63, 3.8) is 0 Å². The molecule has 13 heavy (non-hydrogen) atoms. The molecule has 1 atom stereocenters. The minimum Gasteiger partial charge on any atom is -0.458 e. The van der Waals surface area contributed by atoms with Crippen molar-refractivity contribution >= 4 is 6.29 Å². The van der Waals surface area contributed by atoms with Crippen molar-refractivity contribution in [3.8, 4) is 5.75 Å². The van der Waals surface area contributed by atoms with E-state index in [1.807, 2.05) is 0 Å². The summed E-state index contributed by atoms with van der Waals surface area (Å²) in [6.07, 6.45) is -1.28. The third-order valence-corrected chi connectivity index (χ3v) is 1.40.